The Morgan fingerprint density at radius 3 is 2.94 bits per heavy atom. The van der Waals surface area contributed by atoms with Gasteiger partial charge in [-0.25, -0.2) is 0 Å². The molecule has 0 radical (unpaired) electrons. The van der Waals surface area contributed by atoms with Gasteiger partial charge in [0.2, 0.25) is 0 Å². The van der Waals surface area contributed by atoms with Crippen LogP contribution in [0.3, 0.4) is 0 Å². The van der Waals surface area contributed by atoms with Crippen LogP contribution in [0, 0.1) is 2.88 Å². The Morgan fingerprint density at radius 1 is 1.62 bits per heavy atom. The van der Waals surface area contributed by atoms with Crippen molar-refractivity contribution in [3.8, 4) is 0 Å². The van der Waals surface area contributed by atoms with Crippen LogP contribution in [0.5, 0.6) is 0 Å². The Morgan fingerprint density at radius 2 is 2.44 bits per heavy atom. The van der Waals surface area contributed by atoms with E-state index < -0.39 is 0 Å². The molecule has 0 saturated carbocycles. The fourth-order valence-electron chi connectivity index (χ4n) is 1.59. The van der Waals surface area contributed by atoms with Crippen molar-refractivity contribution in [3.63, 3.8) is 0 Å². The van der Waals surface area contributed by atoms with Gasteiger partial charge in [-0.1, -0.05) is 5.21 Å². The molecule has 1 N–H and O–H groups in total. The zero-order chi connectivity index (χ0) is 11.5. The summed E-state index contributed by atoms with van der Waals surface area (Å²) < 4.78 is 3.05. The molecular formula is C10H13IN4S. The molecule has 1 atom stereocenters. The van der Waals surface area contributed by atoms with Gasteiger partial charge in [0.25, 0.3) is 0 Å². The average molecular weight is 348 g/mol. The SMILES string of the molecule is CNC(Cc1cn(C)nn1)c1csc(I)c1. The Hall–Kier alpha value is -0.470. The fourth-order valence-corrected chi connectivity index (χ4v) is 3.02. The molecule has 2 aromatic heterocycles. The fraction of sp³-hybridized carbons (Fsp3) is 0.400. The van der Waals surface area contributed by atoms with Gasteiger partial charge in [0, 0.05) is 25.7 Å². The number of rotatable bonds is 4. The van der Waals surface area contributed by atoms with Crippen LogP contribution in [0.25, 0.3) is 0 Å². The lowest BCUT2D eigenvalue weighted by atomic mass is 10.1. The summed E-state index contributed by atoms with van der Waals surface area (Å²) in [7, 11) is 3.87. The monoisotopic (exact) mass is 348 g/mol. The van der Waals surface area contributed by atoms with Gasteiger partial charge in [-0.3, -0.25) is 4.68 Å². The highest BCUT2D eigenvalue weighted by Gasteiger charge is 2.13. The van der Waals surface area contributed by atoms with E-state index in [1.165, 1.54) is 8.45 Å². The predicted octanol–water partition coefficient (Wildman–Crippen LogP) is 1.98. The van der Waals surface area contributed by atoms with Gasteiger partial charge in [0.1, 0.15) is 0 Å². The lowest BCUT2D eigenvalue weighted by molar-refractivity contribution is 0.585. The zero-order valence-electron chi connectivity index (χ0n) is 9.14. The quantitative estimate of drug-likeness (QED) is 0.860. The minimum absolute atomic E-state index is 0.316. The molecule has 2 aromatic rings. The summed E-state index contributed by atoms with van der Waals surface area (Å²) in [6, 6.07) is 2.53. The first-order valence-corrected chi connectivity index (χ1v) is 6.91. The van der Waals surface area contributed by atoms with Gasteiger partial charge >= 0.3 is 0 Å². The van der Waals surface area contributed by atoms with E-state index in [9.17, 15) is 0 Å². The van der Waals surface area contributed by atoms with E-state index in [0.717, 1.165) is 12.1 Å². The highest BCUT2D eigenvalue weighted by molar-refractivity contribution is 14.1. The Labute approximate surface area is 112 Å². The van der Waals surface area contributed by atoms with E-state index in [1.54, 1.807) is 16.0 Å². The molecule has 0 aromatic carbocycles. The molecule has 4 nitrogen and oxygen atoms in total. The number of aromatic nitrogens is 3. The van der Waals surface area contributed by atoms with Crippen molar-refractivity contribution >= 4 is 33.9 Å². The van der Waals surface area contributed by atoms with E-state index in [-0.39, 0.29) is 0 Å². The molecule has 0 spiro atoms. The summed E-state index contributed by atoms with van der Waals surface area (Å²) in [6.45, 7) is 0. The number of halogens is 1. The molecule has 0 aliphatic heterocycles. The van der Waals surface area contributed by atoms with Crippen LogP contribution in [-0.4, -0.2) is 22.0 Å². The third-order valence-corrected chi connectivity index (χ3v) is 4.21. The van der Waals surface area contributed by atoms with Crippen LogP contribution in [0.4, 0.5) is 0 Å². The number of thiophene rings is 1. The Bertz CT molecular complexity index is 465. The highest BCUT2D eigenvalue weighted by atomic mass is 127. The first kappa shape index (κ1) is 12.0. The van der Waals surface area contributed by atoms with E-state index >= 15 is 0 Å². The number of hydrogen-bond acceptors (Lipinski definition) is 4. The summed E-state index contributed by atoms with van der Waals surface area (Å²) in [4.78, 5) is 0. The molecule has 0 bridgehead atoms. The second kappa shape index (κ2) is 5.24. The molecule has 16 heavy (non-hydrogen) atoms. The van der Waals surface area contributed by atoms with E-state index in [1.807, 2.05) is 20.3 Å². The highest BCUT2D eigenvalue weighted by Crippen LogP contribution is 2.24. The van der Waals surface area contributed by atoms with Gasteiger partial charge in [0.05, 0.1) is 8.58 Å². The minimum Gasteiger partial charge on any atom is -0.313 e. The normalized spacial score (nSPS) is 12.9. The van der Waals surface area contributed by atoms with E-state index in [4.69, 9.17) is 0 Å². The van der Waals surface area contributed by atoms with Crippen molar-refractivity contribution < 1.29 is 0 Å². The van der Waals surface area contributed by atoms with Crippen LogP contribution < -0.4 is 5.32 Å². The maximum atomic E-state index is 4.11. The number of likely N-dealkylation sites (N-methyl/N-ethyl adjacent to an activating group) is 1. The van der Waals surface area contributed by atoms with Crippen LogP contribution in [-0.2, 0) is 13.5 Å². The number of aryl methyl sites for hydroxylation is 1. The van der Waals surface area contributed by atoms with Crippen molar-refractivity contribution in [3.05, 3.63) is 31.8 Å². The second-order valence-corrected chi connectivity index (χ2v) is 6.42. The predicted molar refractivity (Wildman–Crippen MR) is 73.5 cm³/mol. The average Bonchev–Trinajstić information content (AvgIpc) is 2.84. The van der Waals surface area contributed by atoms with E-state index in [2.05, 4.69) is 49.7 Å². The molecular weight excluding hydrogens is 335 g/mol. The van der Waals surface area contributed by atoms with Crippen molar-refractivity contribution in [1.29, 1.82) is 0 Å². The summed E-state index contributed by atoms with van der Waals surface area (Å²) >= 11 is 4.11. The van der Waals surface area contributed by atoms with E-state index in [0.29, 0.717) is 6.04 Å². The molecule has 86 valence electrons. The van der Waals surface area contributed by atoms with Gasteiger partial charge in [-0.05, 0) is 46.6 Å². The smallest absolute Gasteiger partial charge is 0.0845 e. The summed E-state index contributed by atoms with van der Waals surface area (Å²) in [6.07, 6.45) is 2.83. The number of nitrogens with one attached hydrogen (secondary N) is 1. The van der Waals surface area contributed by atoms with Gasteiger partial charge in [-0.15, -0.1) is 16.4 Å². The molecule has 0 aliphatic rings. The molecule has 2 heterocycles. The van der Waals surface area contributed by atoms with Gasteiger partial charge in [0.15, 0.2) is 0 Å². The lowest BCUT2D eigenvalue weighted by Gasteiger charge is -2.12. The molecule has 0 saturated heterocycles. The van der Waals surface area contributed by atoms with Crippen molar-refractivity contribution in [2.75, 3.05) is 7.05 Å². The van der Waals surface area contributed by atoms with Crippen molar-refractivity contribution in [1.82, 2.24) is 20.3 Å². The van der Waals surface area contributed by atoms with Crippen LogP contribution in [0.2, 0.25) is 0 Å². The first-order chi connectivity index (χ1) is 7.69. The molecule has 2 rings (SSSR count). The van der Waals surface area contributed by atoms with Crippen molar-refractivity contribution in [2.24, 2.45) is 7.05 Å². The Kier molecular flexibility index (Phi) is 3.93. The summed E-state index contributed by atoms with van der Waals surface area (Å²) in [5.74, 6) is 0. The van der Waals surface area contributed by atoms with Crippen LogP contribution in [0.15, 0.2) is 17.6 Å². The number of nitrogens with zero attached hydrogens (tertiary/aromatic N) is 3. The largest absolute Gasteiger partial charge is 0.313 e. The molecule has 0 aliphatic carbocycles. The second-order valence-electron chi connectivity index (χ2n) is 3.61. The molecule has 6 heteroatoms. The Balaban J connectivity index is 2.12. The summed E-state index contributed by atoms with van der Waals surface area (Å²) in [5, 5.41) is 13.6. The summed E-state index contributed by atoms with van der Waals surface area (Å²) in [5.41, 5.74) is 2.34. The van der Waals surface area contributed by atoms with Gasteiger partial charge < -0.3 is 5.32 Å². The molecule has 0 amide bonds. The van der Waals surface area contributed by atoms with Crippen LogP contribution >= 0.6 is 33.9 Å². The first-order valence-electron chi connectivity index (χ1n) is 4.95. The lowest BCUT2D eigenvalue weighted by Crippen LogP contribution is -2.18. The maximum Gasteiger partial charge on any atom is 0.0845 e. The minimum atomic E-state index is 0.316. The van der Waals surface area contributed by atoms with Crippen molar-refractivity contribution in [2.45, 2.75) is 12.5 Å². The number of hydrogen-bond donors (Lipinski definition) is 1. The third kappa shape index (κ3) is 2.80. The molecule has 1 unspecified atom stereocenters. The van der Waals surface area contributed by atoms with Crippen LogP contribution in [0.1, 0.15) is 17.3 Å². The molecule has 0 fully saturated rings. The zero-order valence-corrected chi connectivity index (χ0v) is 12.1. The third-order valence-electron chi connectivity index (χ3n) is 2.40. The maximum absolute atomic E-state index is 4.11. The standard InChI is InChI=1S/C10H13IN4S/c1-12-9(7-3-10(11)16-6-7)4-8-5-15(2)14-13-8/h3,5-6,9,12H,4H2,1-2H3. The van der Waals surface area contributed by atoms with Gasteiger partial charge in [-0.2, -0.15) is 0 Å². The topological polar surface area (TPSA) is 42.7 Å².